The molecule has 1 unspecified atom stereocenters. The molecular formula is C12H17Cl2NO. The third-order valence-electron chi connectivity index (χ3n) is 2.26. The van der Waals surface area contributed by atoms with Crippen LogP contribution in [0.4, 0.5) is 0 Å². The van der Waals surface area contributed by atoms with E-state index in [1.165, 1.54) is 0 Å². The Kier molecular flexibility index (Phi) is 6.81. The SMILES string of the molecule is COCC(Cl)CCNCc1ccccc1Cl. The minimum atomic E-state index is 0.0729. The molecule has 1 rings (SSSR count). The lowest BCUT2D eigenvalue weighted by Gasteiger charge is -2.09. The van der Waals surface area contributed by atoms with Crippen LogP contribution in [0, 0.1) is 0 Å². The molecule has 0 heterocycles. The maximum Gasteiger partial charge on any atom is 0.0626 e. The van der Waals surface area contributed by atoms with Gasteiger partial charge in [-0.15, -0.1) is 11.6 Å². The van der Waals surface area contributed by atoms with Crippen LogP contribution in [0.25, 0.3) is 0 Å². The van der Waals surface area contributed by atoms with Crippen LogP contribution in [-0.2, 0) is 11.3 Å². The summed E-state index contributed by atoms with van der Waals surface area (Å²) in [6.45, 7) is 2.23. The van der Waals surface area contributed by atoms with E-state index in [1.54, 1.807) is 7.11 Å². The molecule has 2 nitrogen and oxygen atoms in total. The second kappa shape index (κ2) is 7.91. The van der Waals surface area contributed by atoms with Crippen molar-refractivity contribution in [3.8, 4) is 0 Å². The Hall–Kier alpha value is -0.280. The van der Waals surface area contributed by atoms with Crippen LogP contribution in [0.15, 0.2) is 24.3 Å². The first-order valence-corrected chi connectivity index (χ1v) is 6.12. The molecule has 0 aromatic heterocycles. The smallest absolute Gasteiger partial charge is 0.0626 e. The lowest BCUT2D eigenvalue weighted by Crippen LogP contribution is -2.20. The van der Waals surface area contributed by atoms with E-state index in [0.29, 0.717) is 6.61 Å². The van der Waals surface area contributed by atoms with Gasteiger partial charge in [-0.05, 0) is 24.6 Å². The molecule has 0 bridgehead atoms. The Labute approximate surface area is 107 Å². The molecule has 1 aromatic rings. The number of ether oxygens (including phenoxy) is 1. The summed E-state index contributed by atoms with van der Waals surface area (Å²) in [7, 11) is 1.66. The Balaban J connectivity index is 2.19. The van der Waals surface area contributed by atoms with E-state index in [-0.39, 0.29) is 5.38 Å². The summed E-state index contributed by atoms with van der Waals surface area (Å²) in [4.78, 5) is 0. The molecule has 0 fully saturated rings. The van der Waals surface area contributed by atoms with E-state index in [0.717, 1.165) is 30.1 Å². The number of halogens is 2. The third-order valence-corrected chi connectivity index (χ3v) is 2.97. The first kappa shape index (κ1) is 13.8. The first-order valence-electron chi connectivity index (χ1n) is 5.31. The Morgan fingerprint density at radius 3 is 2.81 bits per heavy atom. The van der Waals surface area contributed by atoms with Gasteiger partial charge in [0, 0.05) is 18.7 Å². The van der Waals surface area contributed by atoms with E-state index in [1.807, 2.05) is 24.3 Å². The second-order valence-corrected chi connectivity index (χ2v) is 4.63. The van der Waals surface area contributed by atoms with Crippen LogP contribution < -0.4 is 5.32 Å². The first-order chi connectivity index (χ1) is 7.74. The molecule has 0 amide bonds. The Morgan fingerprint density at radius 1 is 1.38 bits per heavy atom. The number of benzene rings is 1. The molecule has 1 aromatic carbocycles. The summed E-state index contributed by atoms with van der Waals surface area (Å²) in [6, 6.07) is 7.83. The summed E-state index contributed by atoms with van der Waals surface area (Å²) in [5.41, 5.74) is 1.11. The summed E-state index contributed by atoms with van der Waals surface area (Å²) in [6.07, 6.45) is 0.889. The fourth-order valence-corrected chi connectivity index (χ4v) is 1.83. The van der Waals surface area contributed by atoms with Gasteiger partial charge in [0.05, 0.1) is 12.0 Å². The second-order valence-electron chi connectivity index (χ2n) is 3.61. The molecule has 1 N–H and O–H groups in total. The van der Waals surface area contributed by atoms with Crippen molar-refractivity contribution in [2.24, 2.45) is 0 Å². The van der Waals surface area contributed by atoms with Crippen molar-refractivity contribution < 1.29 is 4.74 Å². The van der Waals surface area contributed by atoms with Gasteiger partial charge in [0.2, 0.25) is 0 Å². The maximum absolute atomic E-state index is 6.03. The normalized spacial score (nSPS) is 12.7. The van der Waals surface area contributed by atoms with Gasteiger partial charge in [0.1, 0.15) is 0 Å². The number of hydrogen-bond donors (Lipinski definition) is 1. The molecule has 0 aliphatic carbocycles. The molecule has 0 aliphatic heterocycles. The lowest BCUT2D eigenvalue weighted by molar-refractivity contribution is 0.195. The topological polar surface area (TPSA) is 21.3 Å². The standard InChI is InChI=1S/C12H17Cl2NO/c1-16-9-11(13)6-7-15-8-10-4-2-3-5-12(10)14/h2-5,11,15H,6-9H2,1H3. The van der Waals surface area contributed by atoms with Gasteiger partial charge in [-0.1, -0.05) is 29.8 Å². The van der Waals surface area contributed by atoms with E-state index in [2.05, 4.69) is 5.32 Å². The number of methoxy groups -OCH3 is 1. The van der Waals surface area contributed by atoms with Gasteiger partial charge in [-0.3, -0.25) is 0 Å². The largest absolute Gasteiger partial charge is 0.383 e. The third kappa shape index (κ3) is 5.17. The van der Waals surface area contributed by atoms with Crippen LogP contribution in [-0.4, -0.2) is 25.6 Å². The van der Waals surface area contributed by atoms with Crippen molar-refractivity contribution in [1.29, 1.82) is 0 Å². The predicted molar refractivity (Wildman–Crippen MR) is 69.3 cm³/mol. The lowest BCUT2D eigenvalue weighted by atomic mass is 10.2. The van der Waals surface area contributed by atoms with Gasteiger partial charge in [-0.25, -0.2) is 0 Å². The molecule has 0 radical (unpaired) electrons. The van der Waals surface area contributed by atoms with Gasteiger partial charge >= 0.3 is 0 Å². The van der Waals surface area contributed by atoms with Crippen LogP contribution >= 0.6 is 23.2 Å². The highest BCUT2D eigenvalue weighted by Gasteiger charge is 2.03. The molecule has 0 aliphatic rings. The van der Waals surface area contributed by atoms with E-state index < -0.39 is 0 Å². The molecule has 1 atom stereocenters. The highest BCUT2D eigenvalue weighted by Crippen LogP contribution is 2.14. The van der Waals surface area contributed by atoms with Crippen LogP contribution in [0.5, 0.6) is 0 Å². The van der Waals surface area contributed by atoms with Crippen molar-refractivity contribution in [2.75, 3.05) is 20.3 Å². The van der Waals surface area contributed by atoms with Crippen molar-refractivity contribution in [3.63, 3.8) is 0 Å². The number of hydrogen-bond acceptors (Lipinski definition) is 2. The van der Waals surface area contributed by atoms with Crippen LogP contribution in [0.2, 0.25) is 5.02 Å². The van der Waals surface area contributed by atoms with E-state index in [9.17, 15) is 0 Å². The summed E-state index contributed by atoms with van der Waals surface area (Å²) in [5, 5.41) is 4.18. The minimum absolute atomic E-state index is 0.0729. The van der Waals surface area contributed by atoms with E-state index >= 15 is 0 Å². The quantitative estimate of drug-likeness (QED) is 0.602. The zero-order valence-corrected chi connectivity index (χ0v) is 10.9. The fraction of sp³-hybridized carbons (Fsp3) is 0.500. The Morgan fingerprint density at radius 2 is 2.12 bits per heavy atom. The van der Waals surface area contributed by atoms with E-state index in [4.69, 9.17) is 27.9 Å². The maximum atomic E-state index is 6.03. The zero-order chi connectivity index (χ0) is 11.8. The van der Waals surface area contributed by atoms with Crippen molar-refractivity contribution in [2.45, 2.75) is 18.3 Å². The van der Waals surface area contributed by atoms with Crippen molar-refractivity contribution >= 4 is 23.2 Å². The van der Waals surface area contributed by atoms with Gasteiger partial charge < -0.3 is 10.1 Å². The summed E-state index contributed by atoms with van der Waals surface area (Å²) < 4.78 is 4.96. The van der Waals surface area contributed by atoms with Crippen LogP contribution in [0.3, 0.4) is 0 Å². The molecule has 0 saturated carbocycles. The molecule has 90 valence electrons. The predicted octanol–water partition coefficient (Wildman–Crippen LogP) is 3.07. The minimum Gasteiger partial charge on any atom is -0.383 e. The number of rotatable bonds is 7. The van der Waals surface area contributed by atoms with Gasteiger partial charge in [0.15, 0.2) is 0 Å². The number of nitrogens with one attached hydrogen (secondary N) is 1. The molecule has 16 heavy (non-hydrogen) atoms. The average Bonchev–Trinajstić information content (AvgIpc) is 2.27. The summed E-state index contributed by atoms with van der Waals surface area (Å²) >= 11 is 12.0. The highest BCUT2D eigenvalue weighted by atomic mass is 35.5. The van der Waals surface area contributed by atoms with Crippen molar-refractivity contribution in [3.05, 3.63) is 34.9 Å². The zero-order valence-electron chi connectivity index (χ0n) is 9.38. The van der Waals surface area contributed by atoms with Gasteiger partial charge in [-0.2, -0.15) is 0 Å². The average molecular weight is 262 g/mol. The Bertz CT molecular complexity index is 307. The molecule has 0 spiro atoms. The highest BCUT2D eigenvalue weighted by molar-refractivity contribution is 6.31. The molecule has 0 saturated heterocycles. The monoisotopic (exact) mass is 261 g/mol. The number of alkyl halides is 1. The van der Waals surface area contributed by atoms with Crippen LogP contribution in [0.1, 0.15) is 12.0 Å². The molecule has 4 heteroatoms. The molecular weight excluding hydrogens is 245 g/mol. The van der Waals surface area contributed by atoms with Crippen molar-refractivity contribution in [1.82, 2.24) is 5.32 Å². The fourth-order valence-electron chi connectivity index (χ4n) is 1.39. The summed E-state index contributed by atoms with van der Waals surface area (Å²) in [5.74, 6) is 0. The van der Waals surface area contributed by atoms with Gasteiger partial charge in [0.25, 0.3) is 0 Å².